The molecule has 4 rings (SSSR count). The van der Waals surface area contributed by atoms with Crippen molar-refractivity contribution < 1.29 is 18.4 Å². The second-order valence-corrected chi connectivity index (χ2v) is 6.32. The molecule has 0 bridgehead atoms. The Morgan fingerprint density at radius 3 is 2.44 bits per heavy atom. The van der Waals surface area contributed by atoms with Crippen molar-refractivity contribution in [3.05, 3.63) is 58.9 Å². The molecule has 8 nitrogen and oxygen atoms in total. The molecule has 0 aliphatic heterocycles. The third-order valence-electron chi connectivity index (χ3n) is 3.62. The number of hydrogen-bond donors (Lipinski definition) is 0. The summed E-state index contributed by atoms with van der Waals surface area (Å²) < 4.78 is 16.2. The predicted molar refractivity (Wildman–Crippen MR) is 95.5 cm³/mol. The number of hydrogen-bond acceptors (Lipinski definition) is 9. The van der Waals surface area contributed by atoms with Gasteiger partial charge in [0.15, 0.2) is 6.61 Å². The number of ether oxygens (including phenoxy) is 1. The number of aryl methyl sites for hydroxylation is 1. The smallest absolute Gasteiger partial charge is 0.306 e. The lowest BCUT2D eigenvalue weighted by Gasteiger charge is -2.00. The van der Waals surface area contributed by atoms with Crippen molar-refractivity contribution >= 4 is 17.3 Å². The first-order chi connectivity index (χ1) is 13.3. The lowest BCUT2D eigenvalue weighted by atomic mass is 10.2. The summed E-state index contributed by atoms with van der Waals surface area (Å²) in [5, 5.41) is 19.6. The Hall–Kier alpha value is -3.33. The number of carbonyl (C=O) groups is 1. The van der Waals surface area contributed by atoms with Crippen LogP contribution in [-0.4, -0.2) is 26.4 Å². The molecule has 1 aromatic carbocycles. The molecule has 27 heavy (non-hydrogen) atoms. The van der Waals surface area contributed by atoms with E-state index in [9.17, 15) is 4.79 Å². The van der Waals surface area contributed by atoms with Gasteiger partial charge in [-0.05, 0) is 23.6 Å². The van der Waals surface area contributed by atoms with E-state index in [1.807, 2.05) is 47.2 Å². The van der Waals surface area contributed by atoms with Crippen LogP contribution in [0.5, 0.6) is 0 Å². The Labute approximate surface area is 157 Å². The average Bonchev–Trinajstić information content (AvgIpc) is 3.47. The number of nitrogens with zero attached hydrogens (tertiary/aromatic N) is 4. The summed E-state index contributed by atoms with van der Waals surface area (Å²) in [5.74, 6) is 1.04. The molecule has 9 heteroatoms. The Morgan fingerprint density at radius 1 is 0.926 bits per heavy atom. The molecule has 0 atom stereocenters. The highest BCUT2D eigenvalue weighted by atomic mass is 32.1. The Morgan fingerprint density at radius 2 is 1.67 bits per heavy atom. The normalized spacial score (nSPS) is 10.8. The minimum absolute atomic E-state index is 0.0807. The molecule has 3 aromatic heterocycles. The third-order valence-corrected chi connectivity index (χ3v) is 4.31. The summed E-state index contributed by atoms with van der Waals surface area (Å²) in [6.07, 6.45) is 0.417. The van der Waals surface area contributed by atoms with Gasteiger partial charge in [0.05, 0.1) is 6.42 Å². The number of esters is 1. The summed E-state index contributed by atoms with van der Waals surface area (Å²) in [7, 11) is 0. The molecule has 0 fully saturated rings. The van der Waals surface area contributed by atoms with Crippen LogP contribution in [-0.2, 0) is 22.6 Å². The Bertz CT molecular complexity index is 1010. The largest absolute Gasteiger partial charge is 0.456 e. The summed E-state index contributed by atoms with van der Waals surface area (Å²) in [6.45, 7) is -0.0807. The maximum absolute atomic E-state index is 11.9. The van der Waals surface area contributed by atoms with E-state index in [0.29, 0.717) is 24.1 Å². The van der Waals surface area contributed by atoms with Crippen LogP contribution >= 0.6 is 11.3 Å². The van der Waals surface area contributed by atoms with Crippen LogP contribution in [0, 0.1) is 0 Å². The van der Waals surface area contributed by atoms with Crippen molar-refractivity contribution in [1.29, 1.82) is 0 Å². The van der Waals surface area contributed by atoms with E-state index in [2.05, 4.69) is 20.4 Å². The van der Waals surface area contributed by atoms with Gasteiger partial charge in [-0.3, -0.25) is 4.79 Å². The molecular formula is C18H14N4O4S. The SMILES string of the molecule is O=C(CCc1nnc(-c2ccsc2)o1)OCc1nnc(-c2ccccc2)o1. The van der Waals surface area contributed by atoms with Crippen molar-refractivity contribution in [2.45, 2.75) is 19.4 Å². The highest BCUT2D eigenvalue weighted by Crippen LogP contribution is 2.21. The Balaban J connectivity index is 1.26. The fraction of sp³-hybridized carbons (Fsp3) is 0.167. The predicted octanol–water partition coefficient (Wildman–Crippen LogP) is 3.52. The van der Waals surface area contributed by atoms with Crippen molar-refractivity contribution in [3.63, 3.8) is 0 Å². The minimum atomic E-state index is -0.412. The third kappa shape index (κ3) is 4.26. The standard InChI is InChI=1S/C18H14N4O4S/c23-16(7-6-14-19-22-18(25-14)13-8-9-27-11-13)24-10-15-20-21-17(26-15)12-4-2-1-3-5-12/h1-5,8-9,11H,6-7,10H2. The van der Waals surface area contributed by atoms with Crippen LogP contribution in [0.1, 0.15) is 18.2 Å². The zero-order valence-electron chi connectivity index (χ0n) is 14.1. The van der Waals surface area contributed by atoms with Gasteiger partial charge in [0.2, 0.25) is 17.7 Å². The first-order valence-corrected chi connectivity index (χ1v) is 9.10. The summed E-state index contributed by atoms with van der Waals surface area (Å²) in [4.78, 5) is 11.9. The van der Waals surface area contributed by atoms with Gasteiger partial charge in [-0.15, -0.1) is 20.4 Å². The zero-order valence-corrected chi connectivity index (χ0v) is 14.9. The first-order valence-electron chi connectivity index (χ1n) is 8.16. The highest BCUT2D eigenvalue weighted by Gasteiger charge is 2.13. The molecule has 0 saturated heterocycles. The van der Waals surface area contributed by atoms with E-state index in [1.165, 1.54) is 0 Å². The van der Waals surface area contributed by atoms with Gasteiger partial charge >= 0.3 is 5.97 Å². The fourth-order valence-corrected chi connectivity index (χ4v) is 2.92. The van der Waals surface area contributed by atoms with Crippen molar-refractivity contribution in [3.8, 4) is 22.9 Å². The second-order valence-electron chi connectivity index (χ2n) is 5.54. The molecule has 0 N–H and O–H groups in total. The number of thiophene rings is 1. The van der Waals surface area contributed by atoms with E-state index in [4.69, 9.17) is 13.6 Å². The molecule has 136 valence electrons. The van der Waals surface area contributed by atoms with Crippen LogP contribution in [0.2, 0.25) is 0 Å². The molecule has 0 unspecified atom stereocenters. The topological polar surface area (TPSA) is 104 Å². The van der Waals surface area contributed by atoms with Crippen molar-refractivity contribution in [1.82, 2.24) is 20.4 Å². The second kappa shape index (κ2) is 7.92. The number of carbonyl (C=O) groups excluding carboxylic acids is 1. The molecule has 3 heterocycles. The van der Waals surface area contributed by atoms with Crippen LogP contribution in [0.25, 0.3) is 22.9 Å². The van der Waals surface area contributed by atoms with E-state index in [1.54, 1.807) is 11.3 Å². The van der Waals surface area contributed by atoms with E-state index in [-0.39, 0.29) is 18.9 Å². The van der Waals surface area contributed by atoms with Gasteiger partial charge in [-0.1, -0.05) is 18.2 Å². The average molecular weight is 382 g/mol. The van der Waals surface area contributed by atoms with Crippen molar-refractivity contribution in [2.24, 2.45) is 0 Å². The minimum Gasteiger partial charge on any atom is -0.456 e. The maximum Gasteiger partial charge on any atom is 0.306 e. The number of rotatable bonds is 7. The fourth-order valence-electron chi connectivity index (χ4n) is 2.29. The van der Waals surface area contributed by atoms with Gasteiger partial charge < -0.3 is 13.6 Å². The van der Waals surface area contributed by atoms with Crippen LogP contribution in [0.3, 0.4) is 0 Å². The molecular weight excluding hydrogens is 368 g/mol. The van der Waals surface area contributed by atoms with Gasteiger partial charge in [-0.2, -0.15) is 11.3 Å². The summed E-state index contributed by atoms with van der Waals surface area (Å²) in [5.41, 5.74) is 1.67. The first kappa shape index (κ1) is 17.1. The summed E-state index contributed by atoms with van der Waals surface area (Å²) >= 11 is 1.54. The lowest BCUT2D eigenvalue weighted by molar-refractivity contribution is -0.145. The molecule has 0 radical (unpaired) electrons. The number of aromatic nitrogens is 4. The van der Waals surface area contributed by atoms with Crippen LogP contribution in [0.4, 0.5) is 0 Å². The number of benzene rings is 1. The van der Waals surface area contributed by atoms with E-state index >= 15 is 0 Å². The molecule has 0 amide bonds. The molecule has 0 aliphatic carbocycles. The maximum atomic E-state index is 11.9. The molecule has 0 saturated carbocycles. The van der Waals surface area contributed by atoms with Crippen molar-refractivity contribution in [2.75, 3.05) is 0 Å². The highest BCUT2D eigenvalue weighted by molar-refractivity contribution is 7.08. The van der Waals surface area contributed by atoms with Crippen LogP contribution in [0.15, 0.2) is 56.0 Å². The zero-order chi connectivity index (χ0) is 18.5. The lowest BCUT2D eigenvalue weighted by Crippen LogP contribution is -2.06. The summed E-state index contributed by atoms with van der Waals surface area (Å²) in [6, 6.07) is 11.3. The molecule has 0 aliphatic rings. The van der Waals surface area contributed by atoms with Gasteiger partial charge in [-0.25, -0.2) is 0 Å². The Kier molecular flexibility index (Phi) is 5.01. The van der Waals surface area contributed by atoms with Gasteiger partial charge in [0, 0.05) is 22.9 Å². The van der Waals surface area contributed by atoms with Crippen LogP contribution < -0.4 is 0 Å². The van der Waals surface area contributed by atoms with Gasteiger partial charge in [0.1, 0.15) is 0 Å². The molecule has 4 aromatic rings. The van der Waals surface area contributed by atoms with E-state index in [0.717, 1.165) is 11.1 Å². The molecule has 0 spiro atoms. The monoisotopic (exact) mass is 382 g/mol. The van der Waals surface area contributed by atoms with Gasteiger partial charge in [0.25, 0.3) is 5.89 Å². The quantitative estimate of drug-likeness (QED) is 0.447. The van der Waals surface area contributed by atoms with E-state index < -0.39 is 5.97 Å².